The summed E-state index contributed by atoms with van der Waals surface area (Å²) in [5, 5.41) is 2.68. The van der Waals surface area contributed by atoms with Crippen LogP contribution in [0.1, 0.15) is 12.5 Å². The number of ether oxygens (including phenoxy) is 2. The van der Waals surface area contributed by atoms with Crippen LogP contribution in [0.15, 0.2) is 46.1 Å². The third-order valence-corrected chi connectivity index (χ3v) is 3.75. The summed E-state index contributed by atoms with van der Waals surface area (Å²) in [5.41, 5.74) is -0.261. The van der Waals surface area contributed by atoms with Crippen molar-refractivity contribution in [3.63, 3.8) is 0 Å². The van der Waals surface area contributed by atoms with Crippen molar-refractivity contribution in [3.8, 4) is 5.75 Å². The van der Waals surface area contributed by atoms with Crippen molar-refractivity contribution in [2.24, 2.45) is 0 Å². The van der Waals surface area contributed by atoms with Gasteiger partial charge in [0.1, 0.15) is 12.3 Å². The predicted molar refractivity (Wildman–Crippen MR) is 96.6 cm³/mol. The van der Waals surface area contributed by atoms with Crippen molar-refractivity contribution in [3.05, 3.63) is 62.9 Å². The van der Waals surface area contributed by atoms with Gasteiger partial charge in [-0.25, -0.2) is 4.79 Å². The molecular formula is C18H21N3O6. The minimum atomic E-state index is -1.01. The molecular weight excluding hydrogens is 354 g/mol. The number of rotatable bonds is 8. The fraction of sp³-hybridized carbons (Fsp3) is 0.333. The predicted octanol–water partition coefficient (Wildman–Crippen LogP) is -0.164. The summed E-state index contributed by atoms with van der Waals surface area (Å²) in [6, 6.07) is 8.58. The number of hydrogen-bond donors (Lipinski definition) is 2. The van der Waals surface area contributed by atoms with Crippen LogP contribution in [-0.2, 0) is 27.3 Å². The molecule has 1 aromatic heterocycles. The van der Waals surface area contributed by atoms with Gasteiger partial charge in [-0.1, -0.05) is 12.1 Å². The Labute approximate surface area is 154 Å². The van der Waals surface area contributed by atoms with Crippen LogP contribution >= 0.6 is 0 Å². The van der Waals surface area contributed by atoms with Gasteiger partial charge in [0.15, 0.2) is 6.10 Å². The number of benzene rings is 1. The molecule has 0 aliphatic rings. The van der Waals surface area contributed by atoms with Crippen LogP contribution in [0, 0.1) is 0 Å². The van der Waals surface area contributed by atoms with Crippen molar-refractivity contribution in [2.75, 3.05) is 13.7 Å². The van der Waals surface area contributed by atoms with E-state index in [0.29, 0.717) is 13.0 Å². The number of nitrogens with zero attached hydrogens (tertiary/aromatic N) is 1. The molecule has 0 saturated heterocycles. The van der Waals surface area contributed by atoms with Gasteiger partial charge in [0.25, 0.3) is 11.5 Å². The molecule has 0 aliphatic heterocycles. The lowest BCUT2D eigenvalue weighted by Gasteiger charge is -2.14. The first-order valence-corrected chi connectivity index (χ1v) is 8.29. The average molecular weight is 375 g/mol. The number of amides is 1. The first-order chi connectivity index (χ1) is 12.9. The van der Waals surface area contributed by atoms with Crippen LogP contribution < -0.4 is 21.3 Å². The molecule has 144 valence electrons. The molecule has 2 rings (SSSR count). The van der Waals surface area contributed by atoms with E-state index in [0.717, 1.165) is 21.9 Å². The summed E-state index contributed by atoms with van der Waals surface area (Å²) >= 11 is 0. The lowest BCUT2D eigenvalue weighted by molar-refractivity contribution is -0.155. The van der Waals surface area contributed by atoms with E-state index in [-0.39, 0.29) is 0 Å². The molecule has 0 radical (unpaired) electrons. The largest absolute Gasteiger partial charge is 0.497 e. The number of H-pyrrole nitrogens is 1. The molecule has 9 heteroatoms. The van der Waals surface area contributed by atoms with Gasteiger partial charge in [0.05, 0.1) is 7.11 Å². The second-order valence-electron chi connectivity index (χ2n) is 5.76. The van der Waals surface area contributed by atoms with Gasteiger partial charge in [-0.05, 0) is 31.0 Å². The van der Waals surface area contributed by atoms with Gasteiger partial charge in [-0.3, -0.25) is 23.9 Å². The van der Waals surface area contributed by atoms with Gasteiger partial charge >= 0.3 is 11.7 Å². The minimum Gasteiger partial charge on any atom is -0.497 e. The van der Waals surface area contributed by atoms with Crippen LogP contribution in [0.25, 0.3) is 0 Å². The zero-order valence-corrected chi connectivity index (χ0v) is 15.1. The second kappa shape index (κ2) is 9.37. The van der Waals surface area contributed by atoms with Crippen LogP contribution in [0.3, 0.4) is 0 Å². The molecule has 0 saturated carbocycles. The molecule has 0 aliphatic carbocycles. The number of nitrogens with one attached hydrogen (secondary N) is 2. The van der Waals surface area contributed by atoms with Crippen molar-refractivity contribution < 1.29 is 19.1 Å². The SMILES string of the molecule is COc1ccc(CCNC(=O)[C@H](C)OC(=O)Cn2ccc(=O)[nH]c2=O)cc1. The summed E-state index contributed by atoms with van der Waals surface area (Å²) in [7, 11) is 1.59. The minimum absolute atomic E-state index is 0.381. The van der Waals surface area contributed by atoms with Gasteiger partial charge in [0, 0.05) is 18.8 Å². The number of hydrogen-bond acceptors (Lipinski definition) is 6. The Morgan fingerprint density at radius 1 is 1.19 bits per heavy atom. The highest BCUT2D eigenvalue weighted by Gasteiger charge is 2.18. The van der Waals surface area contributed by atoms with E-state index in [1.165, 1.54) is 13.1 Å². The molecule has 1 atom stereocenters. The molecule has 1 aromatic carbocycles. The fourth-order valence-corrected chi connectivity index (χ4v) is 2.26. The number of carbonyl (C=O) groups is 2. The standard InChI is InChI=1S/C18H21N3O6/c1-12(27-16(23)11-21-10-8-15(22)20-18(21)25)17(24)19-9-7-13-3-5-14(26-2)6-4-13/h3-6,8,10,12H,7,9,11H2,1-2H3,(H,19,24)(H,20,22,25)/t12-/m0/s1. The topological polar surface area (TPSA) is 119 Å². The Morgan fingerprint density at radius 3 is 2.52 bits per heavy atom. The maximum Gasteiger partial charge on any atom is 0.328 e. The number of methoxy groups -OCH3 is 1. The Kier molecular flexibility index (Phi) is 6.93. The van der Waals surface area contributed by atoms with Gasteiger partial charge in [0.2, 0.25) is 0 Å². The second-order valence-corrected chi connectivity index (χ2v) is 5.76. The first-order valence-electron chi connectivity index (χ1n) is 8.29. The van der Waals surface area contributed by atoms with E-state index in [4.69, 9.17) is 9.47 Å². The first kappa shape index (κ1) is 20.0. The molecule has 1 amide bonds. The molecule has 0 bridgehead atoms. The van der Waals surface area contributed by atoms with Crippen LogP contribution in [-0.4, -0.2) is 41.2 Å². The molecule has 27 heavy (non-hydrogen) atoms. The van der Waals surface area contributed by atoms with Crippen LogP contribution in [0.2, 0.25) is 0 Å². The summed E-state index contributed by atoms with van der Waals surface area (Å²) in [4.78, 5) is 48.4. The Morgan fingerprint density at radius 2 is 1.89 bits per heavy atom. The Bertz CT molecular complexity index is 900. The van der Waals surface area contributed by atoms with Crippen molar-refractivity contribution in [2.45, 2.75) is 26.0 Å². The highest BCUT2D eigenvalue weighted by Crippen LogP contribution is 2.11. The Hall–Kier alpha value is -3.36. The maximum atomic E-state index is 12.0. The molecule has 0 spiro atoms. The molecule has 2 N–H and O–H groups in total. The van der Waals surface area contributed by atoms with Gasteiger partial charge < -0.3 is 14.8 Å². The van der Waals surface area contributed by atoms with E-state index >= 15 is 0 Å². The summed E-state index contributed by atoms with van der Waals surface area (Å²) < 4.78 is 11.1. The van der Waals surface area contributed by atoms with Crippen LogP contribution in [0.5, 0.6) is 5.75 Å². The lowest BCUT2D eigenvalue weighted by Crippen LogP contribution is -2.38. The average Bonchev–Trinajstić information content (AvgIpc) is 2.64. The van der Waals surface area contributed by atoms with Gasteiger partial charge in [-0.15, -0.1) is 0 Å². The van der Waals surface area contributed by atoms with Crippen molar-refractivity contribution >= 4 is 11.9 Å². The number of carbonyl (C=O) groups excluding carboxylic acids is 2. The normalized spacial score (nSPS) is 11.5. The smallest absolute Gasteiger partial charge is 0.328 e. The summed E-state index contributed by atoms with van der Waals surface area (Å²) in [6.07, 6.45) is 0.789. The summed E-state index contributed by atoms with van der Waals surface area (Å²) in [6.45, 7) is 1.42. The molecule has 9 nitrogen and oxygen atoms in total. The zero-order chi connectivity index (χ0) is 19.8. The fourth-order valence-electron chi connectivity index (χ4n) is 2.26. The van der Waals surface area contributed by atoms with E-state index in [9.17, 15) is 19.2 Å². The number of aromatic nitrogens is 2. The highest BCUT2D eigenvalue weighted by molar-refractivity contribution is 5.83. The van der Waals surface area contributed by atoms with E-state index in [2.05, 4.69) is 5.32 Å². The zero-order valence-electron chi connectivity index (χ0n) is 15.1. The van der Waals surface area contributed by atoms with E-state index < -0.39 is 35.8 Å². The third kappa shape index (κ3) is 6.14. The van der Waals surface area contributed by atoms with E-state index in [1.807, 2.05) is 29.2 Å². The van der Waals surface area contributed by atoms with Crippen molar-refractivity contribution in [1.29, 1.82) is 0 Å². The Balaban J connectivity index is 1.77. The third-order valence-electron chi connectivity index (χ3n) is 3.75. The molecule has 0 unspecified atom stereocenters. The lowest BCUT2D eigenvalue weighted by atomic mass is 10.1. The number of esters is 1. The molecule has 2 aromatic rings. The molecule has 1 heterocycles. The van der Waals surface area contributed by atoms with Crippen molar-refractivity contribution in [1.82, 2.24) is 14.9 Å². The quantitative estimate of drug-likeness (QED) is 0.619. The monoisotopic (exact) mass is 375 g/mol. The number of aromatic amines is 1. The summed E-state index contributed by atoms with van der Waals surface area (Å²) in [5.74, 6) is -0.447. The highest BCUT2D eigenvalue weighted by atomic mass is 16.5. The van der Waals surface area contributed by atoms with Gasteiger partial charge in [-0.2, -0.15) is 0 Å². The maximum absolute atomic E-state index is 12.0. The molecule has 0 fully saturated rings. The van der Waals surface area contributed by atoms with Crippen LogP contribution in [0.4, 0.5) is 0 Å². The van der Waals surface area contributed by atoms with E-state index in [1.54, 1.807) is 7.11 Å².